The van der Waals surface area contributed by atoms with Crippen LogP contribution in [-0.2, 0) is 10.2 Å². The third kappa shape index (κ3) is 3.79. The Bertz CT molecular complexity index is 626. The van der Waals surface area contributed by atoms with Gasteiger partial charge >= 0.3 is 0 Å². The second-order valence-electron chi connectivity index (χ2n) is 5.88. The minimum Gasteiger partial charge on any atom is -0.339 e. The summed E-state index contributed by atoms with van der Waals surface area (Å²) in [5.74, 6) is -0.198. The molecule has 110 valence electrons. The van der Waals surface area contributed by atoms with E-state index in [1.54, 1.807) is 11.3 Å². The molecule has 0 fully saturated rings. The molecule has 0 aliphatic heterocycles. The van der Waals surface area contributed by atoms with Crippen LogP contribution in [0.4, 0.5) is 0 Å². The predicted molar refractivity (Wildman–Crippen MR) is 87.4 cm³/mol. The van der Waals surface area contributed by atoms with E-state index >= 15 is 0 Å². The molecule has 0 bridgehead atoms. The van der Waals surface area contributed by atoms with Crippen LogP contribution < -0.4 is 5.32 Å². The first-order valence-electron chi connectivity index (χ1n) is 6.85. The molecule has 0 radical (unpaired) electrons. The zero-order valence-electron chi connectivity index (χ0n) is 12.6. The van der Waals surface area contributed by atoms with Crippen molar-refractivity contribution < 1.29 is 4.79 Å². The summed E-state index contributed by atoms with van der Waals surface area (Å²) in [4.78, 5) is 16.4. The molecule has 3 nitrogen and oxygen atoms in total. The first-order chi connectivity index (χ1) is 9.91. The molecule has 21 heavy (non-hydrogen) atoms. The number of nitrogens with one attached hydrogen (secondary N) is 1. The molecule has 2 rings (SSSR count). The molecule has 4 heteroatoms. The Hall–Kier alpha value is -1.94. The number of amides is 1. The van der Waals surface area contributed by atoms with Crippen molar-refractivity contribution in [3.8, 4) is 0 Å². The topological polar surface area (TPSA) is 42.0 Å². The lowest BCUT2D eigenvalue weighted by atomic mass is 9.93. The zero-order valence-corrected chi connectivity index (χ0v) is 13.4. The first-order valence-corrected chi connectivity index (χ1v) is 7.73. The van der Waals surface area contributed by atoms with E-state index in [9.17, 15) is 4.79 Å². The summed E-state index contributed by atoms with van der Waals surface area (Å²) < 4.78 is 0. The van der Waals surface area contributed by atoms with E-state index in [-0.39, 0.29) is 17.4 Å². The Labute approximate surface area is 129 Å². The van der Waals surface area contributed by atoms with Crippen LogP contribution in [0.15, 0.2) is 48.4 Å². The zero-order chi connectivity index (χ0) is 15.5. The number of aromatic nitrogens is 1. The van der Waals surface area contributed by atoms with Gasteiger partial charge in [-0.15, -0.1) is 11.3 Å². The number of rotatable bonds is 4. The Kier molecular flexibility index (Phi) is 4.58. The molecule has 1 N–H and O–H groups in total. The maximum Gasteiger partial charge on any atom is 0.244 e. The minimum absolute atomic E-state index is 0.00155. The fraction of sp³-hybridized carbons (Fsp3) is 0.294. The van der Waals surface area contributed by atoms with E-state index in [1.807, 2.05) is 30.3 Å². The molecule has 1 atom stereocenters. The van der Waals surface area contributed by atoms with Crippen LogP contribution in [0.3, 0.4) is 0 Å². The fourth-order valence-electron chi connectivity index (χ4n) is 1.90. The second-order valence-corrected chi connectivity index (χ2v) is 6.77. The number of benzene rings is 1. The van der Waals surface area contributed by atoms with E-state index in [4.69, 9.17) is 4.98 Å². The second kappa shape index (κ2) is 6.22. The standard InChI is InChI=1S/C17H20N2OS/c1-5-14(20)19-15(12-9-7-6-8-10-12)16-18-13(11-21-16)17(2,3)4/h5-11,15H,1H2,2-4H3,(H,19,20). The molecule has 0 spiro atoms. The van der Waals surface area contributed by atoms with E-state index in [0.717, 1.165) is 16.3 Å². The van der Waals surface area contributed by atoms with Crippen LogP contribution in [0, 0.1) is 0 Å². The highest BCUT2D eigenvalue weighted by Crippen LogP contribution is 2.29. The number of hydrogen-bond donors (Lipinski definition) is 1. The van der Waals surface area contributed by atoms with Crippen LogP contribution in [-0.4, -0.2) is 10.9 Å². The third-order valence-electron chi connectivity index (χ3n) is 3.14. The number of carbonyl (C=O) groups is 1. The summed E-state index contributed by atoms with van der Waals surface area (Å²) in [6, 6.07) is 9.62. The molecule has 1 unspecified atom stereocenters. The van der Waals surface area contributed by atoms with Gasteiger partial charge in [0.25, 0.3) is 0 Å². The van der Waals surface area contributed by atoms with Crippen molar-refractivity contribution in [1.82, 2.24) is 10.3 Å². The van der Waals surface area contributed by atoms with Crippen molar-refractivity contribution in [2.24, 2.45) is 0 Å². The number of nitrogens with zero attached hydrogens (tertiary/aromatic N) is 1. The van der Waals surface area contributed by atoms with Gasteiger partial charge in [-0.3, -0.25) is 4.79 Å². The first kappa shape index (κ1) is 15.4. The molecule has 1 heterocycles. The molecule has 1 aromatic heterocycles. The maximum absolute atomic E-state index is 11.7. The lowest BCUT2D eigenvalue weighted by Gasteiger charge is -2.17. The Balaban J connectivity index is 2.38. The number of thiazole rings is 1. The van der Waals surface area contributed by atoms with E-state index in [1.165, 1.54) is 6.08 Å². The highest BCUT2D eigenvalue weighted by Gasteiger charge is 2.23. The van der Waals surface area contributed by atoms with E-state index in [2.05, 4.69) is 38.0 Å². The summed E-state index contributed by atoms with van der Waals surface area (Å²) in [6.45, 7) is 9.91. The van der Waals surface area contributed by atoms with Gasteiger partial charge in [-0.1, -0.05) is 57.7 Å². The summed E-state index contributed by atoms with van der Waals surface area (Å²) in [7, 11) is 0. The van der Waals surface area contributed by atoms with Crippen molar-refractivity contribution in [3.05, 3.63) is 64.6 Å². The summed E-state index contributed by atoms with van der Waals surface area (Å²) >= 11 is 1.57. The average molecular weight is 300 g/mol. The van der Waals surface area contributed by atoms with Gasteiger partial charge < -0.3 is 5.32 Å². The number of hydrogen-bond acceptors (Lipinski definition) is 3. The van der Waals surface area contributed by atoms with Crippen LogP contribution in [0.25, 0.3) is 0 Å². The molecular formula is C17H20N2OS. The molecule has 1 amide bonds. The Morgan fingerprint density at radius 3 is 2.52 bits per heavy atom. The van der Waals surface area contributed by atoms with Crippen molar-refractivity contribution in [2.45, 2.75) is 32.2 Å². The smallest absolute Gasteiger partial charge is 0.244 e. The number of carbonyl (C=O) groups excluding carboxylic acids is 1. The predicted octanol–water partition coefficient (Wildman–Crippen LogP) is 3.83. The molecule has 0 aliphatic carbocycles. The van der Waals surface area contributed by atoms with E-state index in [0.29, 0.717) is 0 Å². The lowest BCUT2D eigenvalue weighted by molar-refractivity contribution is -0.116. The van der Waals surface area contributed by atoms with Gasteiger partial charge in [0, 0.05) is 10.8 Å². The highest BCUT2D eigenvalue weighted by molar-refractivity contribution is 7.09. The van der Waals surface area contributed by atoms with Gasteiger partial charge in [-0.05, 0) is 11.6 Å². The lowest BCUT2D eigenvalue weighted by Crippen LogP contribution is -2.27. The van der Waals surface area contributed by atoms with Crippen LogP contribution in [0.1, 0.15) is 43.1 Å². The summed E-state index contributed by atoms with van der Waals surface area (Å²) in [5.41, 5.74) is 2.05. The summed E-state index contributed by atoms with van der Waals surface area (Å²) in [5, 5.41) is 5.91. The third-order valence-corrected chi connectivity index (χ3v) is 4.05. The van der Waals surface area contributed by atoms with Crippen LogP contribution in [0.5, 0.6) is 0 Å². The highest BCUT2D eigenvalue weighted by atomic mass is 32.1. The fourth-order valence-corrected chi connectivity index (χ4v) is 3.02. The van der Waals surface area contributed by atoms with Crippen molar-refractivity contribution in [1.29, 1.82) is 0 Å². The SMILES string of the molecule is C=CC(=O)NC(c1ccccc1)c1nc(C(C)(C)C)cs1. The Morgan fingerprint density at radius 1 is 1.33 bits per heavy atom. The molecule has 0 aliphatic rings. The van der Waals surface area contributed by atoms with Gasteiger partial charge in [0.1, 0.15) is 11.0 Å². The van der Waals surface area contributed by atoms with Crippen molar-refractivity contribution in [2.75, 3.05) is 0 Å². The molecule has 0 saturated carbocycles. The largest absolute Gasteiger partial charge is 0.339 e. The minimum atomic E-state index is -0.238. The molecule has 0 saturated heterocycles. The quantitative estimate of drug-likeness (QED) is 0.872. The monoisotopic (exact) mass is 300 g/mol. The molecule has 2 aromatic rings. The van der Waals surface area contributed by atoms with Gasteiger partial charge in [0.2, 0.25) is 5.91 Å². The van der Waals surface area contributed by atoms with Gasteiger partial charge in [-0.2, -0.15) is 0 Å². The maximum atomic E-state index is 11.7. The molecule has 1 aromatic carbocycles. The van der Waals surface area contributed by atoms with Crippen molar-refractivity contribution in [3.63, 3.8) is 0 Å². The molecular weight excluding hydrogens is 280 g/mol. The van der Waals surface area contributed by atoms with E-state index < -0.39 is 0 Å². The Morgan fingerprint density at radius 2 is 2.00 bits per heavy atom. The average Bonchev–Trinajstić information content (AvgIpc) is 2.95. The normalized spacial score (nSPS) is 12.7. The summed E-state index contributed by atoms with van der Waals surface area (Å²) in [6.07, 6.45) is 1.29. The van der Waals surface area contributed by atoms with Crippen LogP contribution in [0.2, 0.25) is 0 Å². The van der Waals surface area contributed by atoms with Crippen LogP contribution >= 0.6 is 11.3 Å². The van der Waals surface area contributed by atoms with Gasteiger partial charge in [0.05, 0.1) is 5.69 Å². The van der Waals surface area contributed by atoms with Gasteiger partial charge in [-0.25, -0.2) is 4.98 Å². The van der Waals surface area contributed by atoms with Crippen molar-refractivity contribution >= 4 is 17.2 Å². The van der Waals surface area contributed by atoms with Gasteiger partial charge in [0.15, 0.2) is 0 Å².